The van der Waals surface area contributed by atoms with E-state index in [1.807, 2.05) is 143 Å². The average molecular weight is 1170 g/mol. The van der Waals surface area contributed by atoms with E-state index in [0.717, 1.165) is 77.3 Å². The fraction of sp³-hybridized carbons (Fsp3) is 0.603. The highest BCUT2D eigenvalue weighted by Crippen LogP contribution is 2.52. The summed E-state index contributed by atoms with van der Waals surface area (Å²) >= 11 is 0. The summed E-state index contributed by atoms with van der Waals surface area (Å²) in [6.07, 6.45) is 3.93. The molecule has 2 aliphatic carbocycles. The van der Waals surface area contributed by atoms with E-state index in [-0.39, 0.29) is 78.8 Å². The number of carbonyl (C=O) groups is 5. The summed E-state index contributed by atoms with van der Waals surface area (Å²) in [6, 6.07) is 15.7. The van der Waals surface area contributed by atoms with Crippen molar-refractivity contribution in [3.05, 3.63) is 83.4 Å². The van der Waals surface area contributed by atoms with E-state index < -0.39 is 72.9 Å². The van der Waals surface area contributed by atoms with Crippen molar-refractivity contribution in [2.24, 2.45) is 29.6 Å². The molecule has 6 fully saturated rings. The van der Waals surface area contributed by atoms with Gasteiger partial charge in [0, 0.05) is 12.1 Å². The molecule has 454 valence electrons. The molecule has 0 spiro atoms. The van der Waals surface area contributed by atoms with Gasteiger partial charge in [0.2, 0.25) is 17.7 Å². The zero-order chi connectivity index (χ0) is 60.8. The highest BCUT2D eigenvalue weighted by atomic mass is 16.7. The molecule has 4 saturated heterocycles. The van der Waals surface area contributed by atoms with E-state index in [4.69, 9.17) is 38.1 Å². The van der Waals surface area contributed by atoms with Gasteiger partial charge >= 0.3 is 26.4 Å². The number of hydrogen-bond donors (Lipinski definition) is 5. The number of fused-ring (bicyclic) bond motifs is 6. The molecule has 5 aromatic rings. The number of hydrogen-bond acceptors (Lipinski definition) is 13. The minimum absolute atomic E-state index is 0.0100. The van der Waals surface area contributed by atoms with Gasteiger partial charge in [0.15, 0.2) is 0 Å². The molecular weight excluding hydrogens is 1080 g/mol. The Kier molecular flexibility index (Phi) is 16.1. The predicted molar refractivity (Wildman–Crippen MR) is 322 cm³/mol. The number of ether oxygens (including phenoxy) is 2. The zero-order valence-electron chi connectivity index (χ0n) is 51.8. The second kappa shape index (κ2) is 22.7. The number of aromatic nitrogens is 4. The van der Waals surface area contributed by atoms with Gasteiger partial charge in [0.1, 0.15) is 43.0 Å². The Balaban J connectivity index is 0.666. The highest BCUT2D eigenvalue weighted by molar-refractivity contribution is 6.62. The van der Waals surface area contributed by atoms with Crippen molar-refractivity contribution < 1.29 is 52.1 Å². The minimum Gasteiger partial charge on any atom is -0.445 e. The SMILES string of the molecule is CC(C)C(NC(=O)OCc1ccc(COC(=O)NC(C(=O)N2[C@H]3CC[C@H](C3)[C@@H]2c2nc3ccc(B4OC(C)(C)C(C)(C)O4)cc3[nH]2)C(C)C)cc1)C(=O)NC(C(=O)N1C2CCC(C2)[C@@H]1c1nc2ccc(B3OC(C)(C)C(C)(C)O3)cc2[nH]1)C(C)C. The van der Waals surface area contributed by atoms with Crippen LogP contribution in [0.2, 0.25) is 0 Å². The van der Waals surface area contributed by atoms with E-state index in [1.54, 1.807) is 24.3 Å². The lowest BCUT2D eigenvalue weighted by Gasteiger charge is -2.38. The van der Waals surface area contributed by atoms with Gasteiger partial charge in [-0.05, 0) is 170 Å². The van der Waals surface area contributed by atoms with Crippen molar-refractivity contribution in [2.75, 3.05) is 0 Å². The highest BCUT2D eigenvalue weighted by Gasteiger charge is 2.56. The summed E-state index contributed by atoms with van der Waals surface area (Å²) < 4.78 is 36.6. The van der Waals surface area contributed by atoms with Crippen LogP contribution in [0.3, 0.4) is 0 Å². The summed E-state index contributed by atoms with van der Waals surface area (Å²) in [5.74, 6) is 0.221. The molecule has 22 heteroatoms. The largest absolute Gasteiger partial charge is 0.494 e. The molecule has 0 radical (unpaired) electrons. The van der Waals surface area contributed by atoms with Crippen molar-refractivity contribution in [3.63, 3.8) is 0 Å². The van der Waals surface area contributed by atoms with Crippen LogP contribution in [-0.2, 0) is 55.7 Å². The van der Waals surface area contributed by atoms with Crippen molar-refractivity contribution in [3.8, 4) is 0 Å². The van der Waals surface area contributed by atoms with Gasteiger partial charge in [-0.1, -0.05) is 77.9 Å². The van der Waals surface area contributed by atoms with E-state index >= 15 is 0 Å². The number of aromatic amines is 2. The third-order valence-electron chi connectivity index (χ3n) is 19.8. The Bertz CT molecular complexity index is 3330. The van der Waals surface area contributed by atoms with E-state index in [0.29, 0.717) is 17.0 Å². The lowest BCUT2D eigenvalue weighted by molar-refractivity contribution is -0.142. The first-order chi connectivity index (χ1) is 40.1. The molecule has 3 aromatic carbocycles. The molecule has 2 saturated carbocycles. The summed E-state index contributed by atoms with van der Waals surface area (Å²) in [5, 5.41) is 8.65. The summed E-state index contributed by atoms with van der Waals surface area (Å²) in [6.45, 7) is 27.3. The van der Waals surface area contributed by atoms with Gasteiger partial charge in [0.05, 0.1) is 56.6 Å². The van der Waals surface area contributed by atoms with Crippen molar-refractivity contribution in [1.29, 1.82) is 0 Å². The lowest BCUT2D eigenvalue weighted by atomic mass is 9.79. The third-order valence-corrected chi connectivity index (χ3v) is 19.8. The van der Waals surface area contributed by atoms with E-state index in [9.17, 15) is 24.0 Å². The molecule has 2 aromatic heterocycles. The number of nitrogens with zero attached hydrogens (tertiary/aromatic N) is 4. The predicted octanol–water partition coefficient (Wildman–Crippen LogP) is 8.18. The van der Waals surface area contributed by atoms with Crippen molar-refractivity contribution in [2.45, 2.75) is 213 Å². The first-order valence-electron chi connectivity index (χ1n) is 30.7. The monoisotopic (exact) mass is 1170 g/mol. The molecule has 4 aliphatic heterocycles. The molecule has 6 heterocycles. The van der Waals surface area contributed by atoms with Crippen LogP contribution in [-0.4, -0.2) is 126 Å². The van der Waals surface area contributed by atoms with Crippen LogP contribution in [0.15, 0.2) is 60.7 Å². The van der Waals surface area contributed by atoms with Gasteiger partial charge in [-0.25, -0.2) is 19.6 Å². The minimum atomic E-state index is -0.996. The van der Waals surface area contributed by atoms with Crippen LogP contribution in [0.5, 0.6) is 0 Å². The maximum Gasteiger partial charge on any atom is 0.494 e. The number of H-pyrrole nitrogens is 2. The Morgan fingerprint density at radius 1 is 0.541 bits per heavy atom. The van der Waals surface area contributed by atoms with Gasteiger partial charge in [-0.15, -0.1) is 0 Å². The molecule has 5 unspecified atom stereocenters. The van der Waals surface area contributed by atoms with Crippen LogP contribution < -0.4 is 26.9 Å². The first-order valence-corrected chi connectivity index (χ1v) is 30.7. The van der Waals surface area contributed by atoms with E-state index in [1.165, 1.54) is 0 Å². The Labute approximate surface area is 499 Å². The van der Waals surface area contributed by atoms with Gasteiger partial charge in [-0.3, -0.25) is 14.4 Å². The number of benzene rings is 3. The summed E-state index contributed by atoms with van der Waals surface area (Å²) in [4.78, 5) is 91.3. The van der Waals surface area contributed by atoms with E-state index in [2.05, 4.69) is 25.9 Å². The number of nitrogens with one attached hydrogen (secondary N) is 5. The second-order valence-electron chi connectivity index (χ2n) is 27.7. The number of carbonyl (C=O) groups excluding carboxylic acids is 5. The van der Waals surface area contributed by atoms with Crippen LogP contribution in [0.4, 0.5) is 9.59 Å². The molecule has 9 atom stereocenters. The maximum atomic E-state index is 14.8. The number of amides is 5. The van der Waals surface area contributed by atoms with Crippen molar-refractivity contribution in [1.82, 2.24) is 45.7 Å². The molecule has 4 bridgehead atoms. The summed E-state index contributed by atoms with van der Waals surface area (Å²) in [5.41, 5.74) is 4.42. The number of likely N-dealkylation sites (tertiary alicyclic amines) is 2. The van der Waals surface area contributed by atoms with Crippen LogP contribution in [0.1, 0.15) is 170 Å². The average Bonchev–Trinajstić information content (AvgIpc) is 1.73. The number of rotatable bonds is 17. The van der Waals surface area contributed by atoms with Crippen LogP contribution in [0, 0.1) is 29.6 Å². The molecule has 5 N–H and O–H groups in total. The second-order valence-corrected chi connectivity index (χ2v) is 27.7. The summed E-state index contributed by atoms with van der Waals surface area (Å²) in [7, 11) is -1.05. The quantitative estimate of drug-likeness (QED) is 0.0553. The molecule has 6 aliphatic rings. The molecular formula is C63H85B2N9O11. The number of piperidine rings is 2. The zero-order valence-corrected chi connectivity index (χ0v) is 51.8. The first kappa shape index (κ1) is 60.2. The fourth-order valence-corrected chi connectivity index (χ4v) is 13.4. The molecule has 20 nitrogen and oxygen atoms in total. The molecule has 11 rings (SSSR count). The smallest absolute Gasteiger partial charge is 0.445 e. The Morgan fingerprint density at radius 2 is 0.906 bits per heavy atom. The normalized spacial score (nSPS) is 25.4. The maximum absolute atomic E-state index is 14.8. The van der Waals surface area contributed by atoms with Crippen molar-refractivity contribution >= 4 is 77.1 Å². The Morgan fingerprint density at radius 3 is 1.28 bits per heavy atom. The van der Waals surface area contributed by atoms with Crippen LogP contribution in [0.25, 0.3) is 22.1 Å². The van der Waals surface area contributed by atoms with Crippen LogP contribution >= 0.6 is 0 Å². The number of imidazole rings is 2. The Hall–Kier alpha value is -6.48. The lowest BCUT2D eigenvalue weighted by Crippen LogP contribution is -2.58. The standard InChI is InChI=1S/C63H85B2N9O11/c1-33(2)48(55(75)70-49(34(3)4)56(76)73-42-23-19-38(27-42)51(73)53-66-44-25-21-40(29-46(44)68-53)64-82-60(7,8)61(9,10)83-64)71-58(78)80-31-36-15-17-37(18-16-36)32-81-59(79)72-50(35(5)6)57(77)74-43-24-20-39(28-43)52(74)54-67-45-26-22-41(30-47(45)69-54)65-84-62(11,12)63(13,14)85-65/h15-18,21-22,25-26,29-30,33-35,38-39,42-43,48-52H,19-20,23-24,27-28,31-32H2,1-14H3,(H,66,68)(H,67,69)(H,70,75)(H,71,78)(H,72,79)/t38?,39-,42?,43+,48?,49?,50?,51-,52-/m1/s1. The molecule has 5 amide bonds. The number of alkyl carbamates (subject to hydrolysis) is 2. The van der Waals surface area contributed by atoms with Gasteiger partial charge in [-0.2, -0.15) is 0 Å². The topological polar surface area (TPSA) is 241 Å². The van der Waals surface area contributed by atoms with Gasteiger partial charge in [0.25, 0.3) is 0 Å². The van der Waals surface area contributed by atoms with Gasteiger partial charge < -0.3 is 63.8 Å². The molecule has 85 heavy (non-hydrogen) atoms. The third kappa shape index (κ3) is 11.6. The fourth-order valence-electron chi connectivity index (χ4n) is 13.4.